The summed E-state index contributed by atoms with van der Waals surface area (Å²) in [5.74, 6) is 1.04. The van der Waals surface area contributed by atoms with Crippen LogP contribution in [0.3, 0.4) is 0 Å². The van der Waals surface area contributed by atoms with Crippen LogP contribution < -0.4 is 14.8 Å². The molecule has 0 atom stereocenters. The van der Waals surface area contributed by atoms with E-state index in [1.807, 2.05) is 7.05 Å². The highest BCUT2D eigenvalue weighted by atomic mass is 32.2. The molecule has 0 aliphatic heterocycles. The highest BCUT2D eigenvalue weighted by Gasteiger charge is 2.18. The van der Waals surface area contributed by atoms with E-state index in [0.29, 0.717) is 25.6 Å². The van der Waals surface area contributed by atoms with Gasteiger partial charge in [-0.1, -0.05) is 13.8 Å². The number of hydrogen-bond acceptors (Lipinski definition) is 5. The summed E-state index contributed by atoms with van der Waals surface area (Å²) in [6.07, 6.45) is 1.15. The Morgan fingerprint density at radius 2 is 2.00 bits per heavy atom. The van der Waals surface area contributed by atoms with Crippen LogP contribution in [0.2, 0.25) is 0 Å². The maximum atomic E-state index is 10.9. The minimum atomic E-state index is -3.13. The molecule has 0 spiro atoms. The Labute approximate surface area is 120 Å². The average molecular weight is 304 g/mol. The van der Waals surface area contributed by atoms with Crippen molar-refractivity contribution in [1.82, 2.24) is 19.8 Å². The lowest BCUT2D eigenvalue weighted by molar-refractivity contribution is 0.368. The van der Waals surface area contributed by atoms with Crippen molar-refractivity contribution in [1.29, 1.82) is 0 Å². The third-order valence-electron chi connectivity index (χ3n) is 2.83. The summed E-state index contributed by atoms with van der Waals surface area (Å²) >= 11 is 0. The van der Waals surface area contributed by atoms with Crippen LogP contribution in [0.25, 0.3) is 0 Å². The van der Waals surface area contributed by atoms with Gasteiger partial charge in [-0.25, -0.2) is 17.8 Å². The highest BCUT2D eigenvalue weighted by Crippen LogP contribution is 2.26. The Morgan fingerprint density at radius 3 is 2.50 bits per heavy atom. The van der Waals surface area contributed by atoms with Crippen molar-refractivity contribution in [3.05, 3.63) is 11.3 Å². The van der Waals surface area contributed by atoms with Gasteiger partial charge >= 0.3 is 0 Å². The first kappa shape index (κ1) is 16.9. The van der Waals surface area contributed by atoms with E-state index in [1.165, 1.54) is 0 Å². The zero-order valence-electron chi connectivity index (χ0n) is 12.7. The molecule has 0 aliphatic carbocycles. The van der Waals surface area contributed by atoms with Gasteiger partial charge in [-0.3, -0.25) is 0 Å². The van der Waals surface area contributed by atoms with Gasteiger partial charge in [0.2, 0.25) is 15.9 Å². The second kappa shape index (κ2) is 7.05. The smallest absolute Gasteiger partial charge is 0.216 e. The van der Waals surface area contributed by atoms with E-state index in [9.17, 15) is 8.42 Å². The number of sulfonamides is 1. The van der Waals surface area contributed by atoms with Crippen molar-refractivity contribution >= 4 is 10.0 Å². The van der Waals surface area contributed by atoms with Gasteiger partial charge in [-0.05, 0) is 5.92 Å². The molecule has 0 fully saturated rings. The molecular weight excluding hydrogens is 280 g/mol. The van der Waals surface area contributed by atoms with E-state index in [2.05, 4.69) is 29.0 Å². The lowest BCUT2D eigenvalue weighted by Crippen LogP contribution is -2.31. The summed E-state index contributed by atoms with van der Waals surface area (Å²) in [6, 6.07) is 0. The van der Waals surface area contributed by atoms with Crippen LogP contribution in [-0.2, 0) is 23.6 Å². The van der Waals surface area contributed by atoms with Crippen molar-refractivity contribution in [3.8, 4) is 5.88 Å². The lowest BCUT2D eigenvalue weighted by atomic mass is 10.1. The molecule has 1 aromatic heterocycles. The van der Waals surface area contributed by atoms with Gasteiger partial charge in [0.05, 0.1) is 24.6 Å². The maximum absolute atomic E-state index is 10.9. The summed E-state index contributed by atoms with van der Waals surface area (Å²) in [7, 11) is 0.337. The summed E-state index contributed by atoms with van der Waals surface area (Å²) in [4.78, 5) is 0. The van der Waals surface area contributed by atoms with Crippen molar-refractivity contribution < 1.29 is 13.2 Å². The topological polar surface area (TPSA) is 85.2 Å². The zero-order chi connectivity index (χ0) is 15.3. The van der Waals surface area contributed by atoms with Gasteiger partial charge < -0.3 is 10.1 Å². The number of hydrogen-bond donors (Lipinski definition) is 2. The molecule has 0 amide bonds. The molecule has 0 saturated heterocycles. The maximum Gasteiger partial charge on any atom is 0.216 e. The standard InChI is InChI=1S/C12H24N4O3S/c1-9(2)11-10(12(19-4)16(3)15-11)8-13-6-7-14-20(5,17)18/h9,13-14H,6-8H2,1-5H3. The van der Waals surface area contributed by atoms with Gasteiger partial charge in [-0.2, -0.15) is 5.10 Å². The van der Waals surface area contributed by atoms with Gasteiger partial charge in [0.15, 0.2) is 0 Å². The fraction of sp³-hybridized carbons (Fsp3) is 0.750. The molecule has 0 aliphatic rings. The monoisotopic (exact) mass is 304 g/mol. The molecule has 2 N–H and O–H groups in total. The Hall–Kier alpha value is -1.12. The lowest BCUT2D eigenvalue weighted by Gasteiger charge is -2.09. The third-order valence-corrected chi connectivity index (χ3v) is 3.56. The molecule has 0 bridgehead atoms. The number of nitrogens with zero attached hydrogens (tertiary/aromatic N) is 2. The predicted octanol–water partition coefficient (Wildman–Crippen LogP) is 0.191. The van der Waals surface area contributed by atoms with Crippen LogP contribution in [-0.4, -0.2) is 44.7 Å². The molecular formula is C12H24N4O3S. The van der Waals surface area contributed by atoms with E-state index in [4.69, 9.17) is 4.74 Å². The third kappa shape index (κ3) is 4.77. The van der Waals surface area contributed by atoms with Crippen molar-refractivity contribution in [2.45, 2.75) is 26.3 Å². The molecule has 1 heterocycles. The Bertz CT molecular complexity index is 537. The van der Waals surface area contributed by atoms with E-state index in [1.54, 1.807) is 11.8 Å². The number of methoxy groups -OCH3 is 1. The predicted molar refractivity (Wildman–Crippen MR) is 78.4 cm³/mol. The fourth-order valence-corrected chi connectivity index (χ4v) is 2.47. The first-order valence-electron chi connectivity index (χ1n) is 6.51. The van der Waals surface area contributed by atoms with Crippen LogP contribution >= 0.6 is 0 Å². The SMILES string of the molecule is COc1c(CNCCNS(C)(=O)=O)c(C(C)C)nn1C. The summed E-state index contributed by atoms with van der Waals surface area (Å²) in [5, 5.41) is 7.66. The van der Waals surface area contributed by atoms with Gasteiger partial charge in [-0.15, -0.1) is 0 Å². The molecule has 0 unspecified atom stereocenters. The van der Waals surface area contributed by atoms with Crippen molar-refractivity contribution in [2.75, 3.05) is 26.5 Å². The van der Waals surface area contributed by atoms with Gasteiger partial charge in [0.1, 0.15) is 0 Å². The van der Waals surface area contributed by atoms with E-state index >= 15 is 0 Å². The largest absolute Gasteiger partial charge is 0.481 e. The average Bonchev–Trinajstić information content (AvgIpc) is 2.64. The highest BCUT2D eigenvalue weighted by molar-refractivity contribution is 7.88. The number of aromatic nitrogens is 2. The molecule has 8 heteroatoms. The zero-order valence-corrected chi connectivity index (χ0v) is 13.5. The molecule has 0 aromatic carbocycles. The second-order valence-electron chi connectivity index (χ2n) is 4.99. The molecule has 20 heavy (non-hydrogen) atoms. The number of ether oxygens (including phenoxy) is 1. The Balaban J connectivity index is 2.63. The van der Waals surface area contributed by atoms with Gasteiger partial charge in [0.25, 0.3) is 0 Å². The minimum absolute atomic E-state index is 0.302. The summed E-state index contributed by atoms with van der Waals surface area (Å²) < 4.78 is 31.4. The quantitative estimate of drug-likeness (QED) is 0.670. The Morgan fingerprint density at radius 1 is 1.35 bits per heavy atom. The molecule has 7 nitrogen and oxygen atoms in total. The Kier molecular flexibility index (Phi) is 5.97. The van der Waals surface area contributed by atoms with Gasteiger partial charge in [0, 0.05) is 26.7 Å². The second-order valence-corrected chi connectivity index (χ2v) is 6.83. The first-order chi connectivity index (χ1) is 9.26. The van der Waals surface area contributed by atoms with Crippen molar-refractivity contribution in [3.63, 3.8) is 0 Å². The molecule has 116 valence electrons. The summed E-state index contributed by atoms with van der Waals surface area (Å²) in [5.41, 5.74) is 2.01. The number of rotatable bonds is 8. The molecule has 0 saturated carbocycles. The minimum Gasteiger partial charge on any atom is -0.481 e. The van der Waals surface area contributed by atoms with Crippen LogP contribution in [0.5, 0.6) is 5.88 Å². The fourth-order valence-electron chi connectivity index (χ4n) is 2.00. The van der Waals surface area contributed by atoms with E-state index in [0.717, 1.165) is 23.4 Å². The number of aryl methyl sites for hydroxylation is 1. The number of nitrogens with one attached hydrogen (secondary N) is 2. The van der Waals surface area contributed by atoms with Crippen LogP contribution in [0.15, 0.2) is 0 Å². The molecule has 1 aromatic rings. The van der Waals surface area contributed by atoms with Crippen LogP contribution in [0.1, 0.15) is 31.0 Å². The van der Waals surface area contributed by atoms with E-state index < -0.39 is 10.0 Å². The van der Waals surface area contributed by atoms with Crippen LogP contribution in [0, 0.1) is 0 Å². The molecule has 1 rings (SSSR count). The van der Waals surface area contributed by atoms with E-state index in [-0.39, 0.29) is 0 Å². The normalized spacial score (nSPS) is 12.1. The molecule has 0 radical (unpaired) electrons. The van der Waals surface area contributed by atoms with Crippen LogP contribution in [0.4, 0.5) is 0 Å². The first-order valence-corrected chi connectivity index (χ1v) is 8.40. The van der Waals surface area contributed by atoms with Crippen molar-refractivity contribution in [2.24, 2.45) is 7.05 Å². The summed E-state index contributed by atoms with van der Waals surface area (Å²) in [6.45, 7) is 5.66.